The van der Waals surface area contributed by atoms with E-state index in [-0.39, 0.29) is 5.91 Å². The van der Waals surface area contributed by atoms with Crippen molar-refractivity contribution in [3.63, 3.8) is 0 Å². The topological polar surface area (TPSA) is 49.8 Å². The minimum Gasteiger partial charge on any atom is -0.481 e. The van der Waals surface area contributed by atoms with Gasteiger partial charge in [0.15, 0.2) is 6.10 Å². The van der Waals surface area contributed by atoms with Crippen LogP contribution in [-0.4, -0.2) is 40.7 Å². The fourth-order valence-corrected chi connectivity index (χ4v) is 2.42. The van der Waals surface area contributed by atoms with Crippen LogP contribution in [-0.2, 0) is 4.79 Å². The van der Waals surface area contributed by atoms with Crippen LogP contribution in [0.15, 0.2) is 30.3 Å². The molecule has 1 amide bonds. The number of aliphatic hydroxyl groups is 1. The van der Waals surface area contributed by atoms with Crippen molar-refractivity contribution in [2.45, 2.75) is 38.4 Å². The van der Waals surface area contributed by atoms with Crippen LogP contribution < -0.4 is 4.74 Å². The summed E-state index contributed by atoms with van der Waals surface area (Å²) in [6.07, 6.45) is 1.04. The second kappa shape index (κ2) is 5.61. The maximum Gasteiger partial charge on any atom is 0.263 e. The van der Waals surface area contributed by atoms with E-state index in [4.69, 9.17) is 4.74 Å². The number of piperidine rings is 1. The molecule has 19 heavy (non-hydrogen) atoms. The Morgan fingerprint density at radius 3 is 2.74 bits per heavy atom. The number of carbonyl (C=O) groups is 1. The van der Waals surface area contributed by atoms with Gasteiger partial charge >= 0.3 is 0 Å². The number of hydrogen-bond acceptors (Lipinski definition) is 3. The third-order valence-corrected chi connectivity index (χ3v) is 3.39. The van der Waals surface area contributed by atoms with Crippen LogP contribution in [0.4, 0.5) is 0 Å². The van der Waals surface area contributed by atoms with Crippen LogP contribution in [0.2, 0.25) is 0 Å². The number of ether oxygens (including phenoxy) is 1. The van der Waals surface area contributed by atoms with Crippen LogP contribution in [0, 0.1) is 0 Å². The van der Waals surface area contributed by atoms with E-state index >= 15 is 0 Å². The van der Waals surface area contributed by atoms with Gasteiger partial charge in [-0.15, -0.1) is 0 Å². The molecule has 1 saturated heterocycles. The summed E-state index contributed by atoms with van der Waals surface area (Å²) in [6, 6.07) is 9.31. The molecule has 1 aliphatic heterocycles. The molecule has 1 aliphatic rings. The molecule has 2 atom stereocenters. The monoisotopic (exact) mass is 263 g/mol. The van der Waals surface area contributed by atoms with Gasteiger partial charge in [0, 0.05) is 13.1 Å². The van der Waals surface area contributed by atoms with Gasteiger partial charge in [-0.3, -0.25) is 4.79 Å². The van der Waals surface area contributed by atoms with Crippen molar-refractivity contribution in [1.82, 2.24) is 4.90 Å². The van der Waals surface area contributed by atoms with Gasteiger partial charge in [-0.2, -0.15) is 0 Å². The molecule has 0 radical (unpaired) electrons. The van der Waals surface area contributed by atoms with Crippen LogP contribution >= 0.6 is 0 Å². The van der Waals surface area contributed by atoms with Crippen molar-refractivity contribution in [3.8, 4) is 5.75 Å². The molecular formula is C15H21NO3. The number of likely N-dealkylation sites (tertiary alicyclic amines) is 1. The number of β-amino-alcohol motifs (C(OH)–C–C–N with tert-alkyl or cyclic N) is 1. The van der Waals surface area contributed by atoms with Gasteiger partial charge in [-0.25, -0.2) is 0 Å². The first-order valence-electron chi connectivity index (χ1n) is 6.71. The Morgan fingerprint density at radius 2 is 2.11 bits per heavy atom. The summed E-state index contributed by atoms with van der Waals surface area (Å²) in [4.78, 5) is 14.0. The number of hydrogen-bond donors (Lipinski definition) is 1. The van der Waals surface area contributed by atoms with Gasteiger partial charge in [0.05, 0.1) is 5.60 Å². The van der Waals surface area contributed by atoms with E-state index < -0.39 is 11.7 Å². The molecule has 2 unspecified atom stereocenters. The summed E-state index contributed by atoms with van der Waals surface area (Å²) in [5, 5.41) is 10.0. The minimum absolute atomic E-state index is 0.0659. The van der Waals surface area contributed by atoms with Gasteiger partial charge in [-0.05, 0) is 38.8 Å². The molecule has 1 aromatic rings. The van der Waals surface area contributed by atoms with Crippen molar-refractivity contribution in [2.24, 2.45) is 0 Å². The lowest BCUT2D eigenvalue weighted by atomic mass is 9.95. The van der Waals surface area contributed by atoms with Crippen LogP contribution in [0.1, 0.15) is 26.7 Å². The first-order chi connectivity index (χ1) is 8.98. The Labute approximate surface area is 114 Å². The van der Waals surface area contributed by atoms with Crippen molar-refractivity contribution in [3.05, 3.63) is 30.3 Å². The molecule has 0 aliphatic carbocycles. The highest BCUT2D eigenvalue weighted by Crippen LogP contribution is 2.21. The molecule has 104 valence electrons. The third kappa shape index (κ3) is 3.70. The third-order valence-electron chi connectivity index (χ3n) is 3.39. The average molecular weight is 263 g/mol. The lowest BCUT2D eigenvalue weighted by Crippen LogP contribution is -2.51. The zero-order valence-electron chi connectivity index (χ0n) is 11.5. The maximum atomic E-state index is 12.3. The predicted molar refractivity (Wildman–Crippen MR) is 73.0 cm³/mol. The SMILES string of the molecule is CC(Oc1ccccc1)C(=O)N1CCCC(C)(O)C1. The lowest BCUT2D eigenvalue weighted by molar-refractivity contribution is -0.144. The first-order valence-corrected chi connectivity index (χ1v) is 6.71. The van der Waals surface area contributed by atoms with Crippen molar-refractivity contribution < 1.29 is 14.6 Å². The van der Waals surface area contributed by atoms with Crippen LogP contribution in [0.25, 0.3) is 0 Å². The van der Waals surface area contributed by atoms with E-state index in [0.717, 1.165) is 12.8 Å². The fraction of sp³-hybridized carbons (Fsp3) is 0.533. The Balaban J connectivity index is 1.95. The molecule has 0 bridgehead atoms. The van der Waals surface area contributed by atoms with Gasteiger partial charge in [0.1, 0.15) is 5.75 Å². The normalized spacial score (nSPS) is 24.9. The van der Waals surface area contributed by atoms with Gasteiger partial charge in [0.25, 0.3) is 5.91 Å². The highest BCUT2D eigenvalue weighted by atomic mass is 16.5. The highest BCUT2D eigenvalue weighted by Gasteiger charge is 2.33. The summed E-state index contributed by atoms with van der Waals surface area (Å²) >= 11 is 0. The number of nitrogens with zero attached hydrogens (tertiary/aromatic N) is 1. The number of benzene rings is 1. The smallest absolute Gasteiger partial charge is 0.263 e. The lowest BCUT2D eigenvalue weighted by Gasteiger charge is -2.37. The van der Waals surface area contributed by atoms with E-state index in [1.165, 1.54) is 0 Å². The summed E-state index contributed by atoms with van der Waals surface area (Å²) in [5.41, 5.74) is -0.777. The number of para-hydroxylation sites is 1. The molecule has 0 spiro atoms. The summed E-state index contributed by atoms with van der Waals surface area (Å²) in [7, 11) is 0. The molecule has 2 rings (SSSR count). The van der Waals surface area contributed by atoms with E-state index in [1.807, 2.05) is 30.3 Å². The first kappa shape index (κ1) is 13.9. The molecule has 4 nitrogen and oxygen atoms in total. The van der Waals surface area contributed by atoms with Gasteiger partial charge in [0.2, 0.25) is 0 Å². The second-order valence-electron chi connectivity index (χ2n) is 5.43. The molecule has 4 heteroatoms. The van der Waals surface area contributed by atoms with Crippen LogP contribution in [0.3, 0.4) is 0 Å². The maximum absolute atomic E-state index is 12.3. The zero-order chi connectivity index (χ0) is 13.9. The zero-order valence-corrected chi connectivity index (χ0v) is 11.5. The molecule has 0 saturated carbocycles. The Kier molecular flexibility index (Phi) is 4.10. The molecule has 1 fully saturated rings. The Hall–Kier alpha value is -1.55. The molecule has 1 N–H and O–H groups in total. The number of carbonyl (C=O) groups excluding carboxylic acids is 1. The highest BCUT2D eigenvalue weighted by molar-refractivity contribution is 5.81. The Morgan fingerprint density at radius 1 is 1.42 bits per heavy atom. The standard InChI is InChI=1S/C15H21NO3/c1-12(19-13-7-4-3-5-8-13)14(17)16-10-6-9-15(2,18)11-16/h3-5,7-8,12,18H,6,9-11H2,1-2H3. The van der Waals surface area contributed by atoms with Crippen molar-refractivity contribution in [1.29, 1.82) is 0 Å². The molecular weight excluding hydrogens is 242 g/mol. The quantitative estimate of drug-likeness (QED) is 0.905. The van der Waals surface area contributed by atoms with Gasteiger partial charge < -0.3 is 14.7 Å². The molecule has 1 heterocycles. The van der Waals surface area contributed by atoms with E-state index in [1.54, 1.807) is 18.7 Å². The summed E-state index contributed by atoms with van der Waals surface area (Å²) < 4.78 is 5.62. The van der Waals surface area contributed by atoms with E-state index in [2.05, 4.69) is 0 Å². The predicted octanol–water partition coefficient (Wildman–Crippen LogP) is 1.83. The fourth-order valence-electron chi connectivity index (χ4n) is 2.42. The van der Waals surface area contributed by atoms with E-state index in [9.17, 15) is 9.90 Å². The second-order valence-corrected chi connectivity index (χ2v) is 5.43. The number of rotatable bonds is 3. The largest absolute Gasteiger partial charge is 0.481 e. The van der Waals surface area contributed by atoms with Crippen LogP contribution in [0.5, 0.6) is 5.75 Å². The summed E-state index contributed by atoms with van der Waals surface area (Å²) in [5.74, 6) is 0.621. The summed E-state index contributed by atoms with van der Waals surface area (Å²) in [6.45, 7) is 4.60. The minimum atomic E-state index is -0.777. The molecule has 0 aromatic heterocycles. The Bertz CT molecular complexity index is 430. The molecule has 1 aromatic carbocycles. The average Bonchev–Trinajstić information content (AvgIpc) is 2.38. The van der Waals surface area contributed by atoms with Gasteiger partial charge in [-0.1, -0.05) is 18.2 Å². The van der Waals surface area contributed by atoms with Crippen molar-refractivity contribution in [2.75, 3.05) is 13.1 Å². The van der Waals surface area contributed by atoms with E-state index in [0.29, 0.717) is 18.8 Å². The number of amides is 1. The van der Waals surface area contributed by atoms with Crippen molar-refractivity contribution >= 4 is 5.91 Å².